The molecule has 0 spiro atoms. The van der Waals surface area contributed by atoms with E-state index in [0.717, 1.165) is 5.92 Å². The Hall–Kier alpha value is -0.260. The zero-order valence-electron chi connectivity index (χ0n) is 21.7. The van der Waals surface area contributed by atoms with Crippen LogP contribution in [0.4, 0.5) is 0 Å². The molecule has 0 aromatic carbocycles. The summed E-state index contributed by atoms with van der Waals surface area (Å²) < 4.78 is 0. The van der Waals surface area contributed by atoms with Crippen molar-refractivity contribution in [2.75, 3.05) is 0 Å². The highest BCUT2D eigenvalue weighted by Gasteiger charge is 2.05. The van der Waals surface area contributed by atoms with Crippen molar-refractivity contribution < 1.29 is 0 Å². The zero-order chi connectivity index (χ0) is 22.0. The fraction of sp³-hybridized carbons (Fsp3) is 0.933. The molecular formula is C30H60. The maximum Gasteiger partial charge on any atom is -0.0351 e. The van der Waals surface area contributed by atoms with Gasteiger partial charge in [0.25, 0.3) is 0 Å². The minimum Gasteiger partial charge on any atom is -0.0885 e. The van der Waals surface area contributed by atoms with E-state index in [2.05, 4.69) is 32.9 Å². The van der Waals surface area contributed by atoms with E-state index in [1.807, 2.05) is 0 Å². The van der Waals surface area contributed by atoms with Crippen molar-refractivity contribution in [2.45, 2.75) is 175 Å². The average molecular weight is 421 g/mol. The van der Waals surface area contributed by atoms with Gasteiger partial charge < -0.3 is 0 Å². The molecular weight excluding hydrogens is 360 g/mol. The van der Waals surface area contributed by atoms with E-state index in [-0.39, 0.29) is 0 Å². The SMILES string of the molecule is CCCCCCCCCCCCCCCC/C=C/CCCCC(CC)CCCCC. The molecule has 0 aromatic rings. The Labute approximate surface area is 193 Å². The molecule has 0 aliphatic rings. The molecule has 0 bridgehead atoms. The Bertz CT molecular complexity index is 316. The first-order chi connectivity index (χ1) is 14.8. The van der Waals surface area contributed by atoms with Crippen molar-refractivity contribution in [3.63, 3.8) is 0 Å². The van der Waals surface area contributed by atoms with Gasteiger partial charge in [0.2, 0.25) is 0 Å². The average Bonchev–Trinajstić information content (AvgIpc) is 2.76. The molecule has 0 heterocycles. The lowest BCUT2D eigenvalue weighted by atomic mass is 9.93. The van der Waals surface area contributed by atoms with Crippen molar-refractivity contribution in [2.24, 2.45) is 5.92 Å². The van der Waals surface area contributed by atoms with Gasteiger partial charge in [-0.25, -0.2) is 0 Å². The summed E-state index contributed by atoms with van der Waals surface area (Å²) in [6.45, 7) is 7.00. The van der Waals surface area contributed by atoms with Crippen LogP contribution in [0.2, 0.25) is 0 Å². The first-order valence-corrected chi connectivity index (χ1v) is 14.5. The normalized spacial score (nSPS) is 12.8. The highest BCUT2D eigenvalue weighted by Crippen LogP contribution is 2.20. The van der Waals surface area contributed by atoms with E-state index in [1.165, 1.54) is 154 Å². The quantitative estimate of drug-likeness (QED) is 0.102. The summed E-state index contributed by atoms with van der Waals surface area (Å²) in [7, 11) is 0. The van der Waals surface area contributed by atoms with Gasteiger partial charge in [-0.3, -0.25) is 0 Å². The maximum absolute atomic E-state index is 2.46. The summed E-state index contributed by atoms with van der Waals surface area (Å²) >= 11 is 0. The molecule has 0 aliphatic carbocycles. The van der Waals surface area contributed by atoms with Crippen LogP contribution in [0.1, 0.15) is 175 Å². The van der Waals surface area contributed by atoms with Crippen LogP contribution in [0, 0.1) is 5.92 Å². The summed E-state index contributed by atoms with van der Waals surface area (Å²) in [5.74, 6) is 0.996. The number of allylic oxidation sites excluding steroid dienone is 2. The third-order valence-electron chi connectivity index (χ3n) is 6.92. The van der Waals surface area contributed by atoms with Crippen LogP contribution in [0.25, 0.3) is 0 Å². The van der Waals surface area contributed by atoms with Gasteiger partial charge in [0.15, 0.2) is 0 Å². The molecule has 0 radical (unpaired) electrons. The standard InChI is InChI=1S/C30H60/c1-4-7-9-10-11-12-13-14-15-16-17-18-19-20-21-22-23-24-25-27-29-30(6-3)28-26-8-5-2/h22-23,30H,4-21,24-29H2,1-3H3/b23-22+. The zero-order valence-corrected chi connectivity index (χ0v) is 21.7. The second-order valence-electron chi connectivity index (χ2n) is 9.91. The van der Waals surface area contributed by atoms with Crippen LogP contribution < -0.4 is 0 Å². The third-order valence-corrected chi connectivity index (χ3v) is 6.92. The fourth-order valence-electron chi connectivity index (χ4n) is 4.62. The van der Waals surface area contributed by atoms with E-state index in [0.29, 0.717) is 0 Å². The molecule has 0 fully saturated rings. The fourth-order valence-corrected chi connectivity index (χ4v) is 4.62. The van der Waals surface area contributed by atoms with Gasteiger partial charge in [-0.15, -0.1) is 0 Å². The minimum atomic E-state index is 0.996. The Balaban J connectivity index is 3.21. The van der Waals surface area contributed by atoms with Gasteiger partial charge in [0.05, 0.1) is 0 Å². The Morgan fingerprint density at radius 3 is 1.17 bits per heavy atom. The number of hydrogen-bond donors (Lipinski definition) is 0. The van der Waals surface area contributed by atoms with Crippen molar-refractivity contribution in [1.82, 2.24) is 0 Å². The van der Waals surface area contributed by atoms with Crippen molar-refractivity contribution in [3.05, 3.63) is 12.2 Å². The van der Waals surface area contributed by atoms with Gasteiger partial charge in [-0.1, -0.05) is 161 Å². The first-order valence-electron chi connectivity index (χ1n) is 14.5. The maximum atomic E-state index is 2.46. The molecule has 1 unspecified atom stereocenters. The van der Waals surface area contributed by atoms with Crippen molar-refractivity contribution >= 4 is 0 Å². The molecule has 0 heteroatoms. The number of rotatable bonds is 25. The molecule has 0 saturated heterocycles. The van der Waals surface area contributed by atoms with Crippen LogP contribution in [0.15, 0.2) is 12.2 Å². The van der Waals surface area contributed by atoms with E-state index >= 15 is 0 Å². The monoisotopic (exact) mass is 420 g/mol. The van der Waals surface area contributed by atoms with Crippen LogP contribution in [0.5, 0.6) is 0 Å². The topological polar surface area (TPSA) is 0 Å². The first kappa shape index (κ1) is 29.7. The second-order valence-corrected chi connectivity index (χ2v) is 9.91. The van der Waals surface area contributed by atoms with Crippen LogP contribution in [-0.4, -0.2) is 0 Å². The van der Waals surface area contributed by atoms with Crippen LogP contribution >= 0.6 is 0 Å². The molecule has 0 nitrogen and oxygen atoms in total. The lowest BCUT2D eigenvalue weighted by Gasteiger charge is -2.13. The molecule has 180 valence electrons. The summed E-state index contributed by atoms with van der Waals surface area (Å²) in [6, 6.07) is 0. The molecule has 30 heavy (non-hydrogen) atoms. The minimum absolute atomic E-state index is 0.996. The van der Waals surface area contributed by atoms with Crippen molar-refractivity contribution in [1.29, 1.82) is 0 Å². The Morgan fingerprint density at radius 1 is 0.400 bits per heavy atom. The third kappa shape index (κ3) is 24.0. The summed E-state index contributed by atoms with van der Waals surface area (Å²) in [5, 5.41) is 0. The lowest BCUT2D eigenvalue weighted by molar-refractivity contribution is 0.401. The van der Waals surface area contributed by atoms with Gasteiger partial charge in [0, 0.05) is 0 Å². The molecule has 1 atom stereocenters. The second kappa shape index (κ2) is 26.8. The van der Waals surface area contributed by atoms with E-state index in [9.17, 15) is 0 Å². The predicted molar refractivity (Wildman–Crippen MR) is 140 cm³/mol. The highest BCUT2D eigenvalue weighted by molar-refractivity contribution is 4.81. The van der Waals surface area contributed by atoms with Crippen molar-refractivity contribution in [3.8, 4) is 0 Å². The summed E-state index contributed by atoms with van der Waals surface area (Å²) in [6.07, 6.45) is 39.3. The number of hydrogen-bond acceptors (Lipinski definition) is 0. The van der Waals surface area contributed by atoms with E-state index in [4.69, 9.17) is 0 Å². The molecule has 0 rings (SSSR count). The smallest absolute Gasteiger partial charge is 0.0351 e. The molecule has 0 amide bonds. The molecule has 0 aliphatic heterocycles. The molecule has 0 N–H and O–H groups in total. The van der Waals surface area contributed by atoms with Gasteiger partial charge in [0.1, 0.15) is 0 Å². The van der Waals surface area contributed by atoms with Gasteiger partial charge >= 0.3 is 0 Å². The summed E-state index contributed by atoms with van der Waals surface area (Å²) in [4.78, 5) is 0. The Morgan fingerprint density at radius 2 is 0.733 bits per heavy atom. The predicted octanol–water partition coefficient (Wildman–Crippen LogP) is 11.6. The van der Waals surface area contributed by atoms with E-state index in [1.54, 1.807) is 0 Å². The lowest BCUT2D eigenvalue weighted by Crippen LogP contribution is -1.98. The Kier molecular flexibility index (Phi) is 26.5. The van der Waals surface area contributed by atoms with Gasteiger partial charge in [-0.2, -0.15) is 0 Å². The van der Waals surface area contributed by atoms with E-state index < -0.39 is 0 Å². The highest BCUT2D eigenvalue weighted by atomic mass is 14.1. The molecule has 0 saturated carbocycles. The summed E-state index contributed by atoms with van der Waals surface area (Å²) in [5.41, 5.74) is 0. The largest absolute Gasteiger partial charge is 0.0885 e. The number of unbranched alkanes of at least 4 members (excludes halogenated alkanes) is 18. The van der Waals surface area contributed by atoms with Crippen LogP contribution in [0.3, 0.4) is 0 Å². The molecule has 0 aromatic heterocycles. The van der Waals surface area contributed by atoms with Gasteiger partial charge in [-0.05, 0) is 31.6 Å². The van der Waals surface area contributed by atoms with Crippen LogP contribution in [-0.2, 0) is 0 Å².